The molecule has 0 heterocycles. The summed E-state index contributed by atoms with van der Waals surface area (Å²) in [6, 6.07) is 0. The van der Waals surface area contributed by atoms with Crippen LogP contribution in [0.1, 0.15) is 40.0 Å². The van der Waals surface area contributed by atoms with Crippen LogP contribution in [0.2, 0.25) is 0 Å². The Bertz CT molecular complexity index is 178. The third-order valence-electron chi connectivity index (χ3n) is 1.91. The fourth-order valence-corrected chi connectivity index (χ4v) is 3.17. The van der Waals surface area contributed by atoms with Crippen LogP contribution in [0.5, 0.6) is 0 Å². The molecule has 0 atom stereocenters. The molecule has 0 aromatic rings. The summed E-state index contributed by atoms with van der Waals surface area (Å²) in [5.41, 5.74) is 0. The van der Waals surface area contributed by atoms with Gasteiger partial charge in [0.25, 0.3) is 0 Å². The lowest BCUT2D eigenvalue weighted by molar-refractivity contribution is 0.570. The van der Waals surface area contributed by atoms with Gasteiger partial charge < -0.3 is 0 Å². The monoisotopic (exact) mass is 178 g/mol. The molecule has 0 fully saturated rings. The summed E-state index contributed by atoms with van der Waals surface area (Å²) in [7, 11) is -2.77. The van der Waals surface area contributed by atoms with Crippen molar-refractivity contribution in [2.45, 2.75) is 45.3 Å². The maximum atomic E-state index is 11.4. The Kier molecular flexibility index (Phi) is 4.73. The van der Waals surface area contributed by atoms with E-state index in [1.54, 1.807) is 0 Å². The lowest BCUT2D eigenvalue weighted by atomic mass is 10.3. The Labute approximate surface area is 69.9 Å². The van der Waals surface area contributed by atoms with Crippen molar-refractivity contribution in [3.63, 3.8) is 0 Å². The molecule has 0 spiro atoms. The van der Waals surface area contributed by atoms with E-state index in [1.807, 2.05) is 20.8 Å². The van der Waals surface area contributed by atoms with Crippen LogP contribution >= 0.6 is 0 Å². The Morgan fingerprint density at radius 1 is 1.09 bits per heavy atom. The zero-order valence-electron chi connectivity index (χ0n) is 7.63. The molecule has 0 saturated heterocycles. The second-order valence-electron chi connectivity index (χ2n) is 2.81. The second-order valence-corrected chi connectivity index (χ2v) is 5.21. The smallest absolute Gasteiger partial charge is 0.153 e. The van der Waals surface area contributed by atoms with E-state index in [2.05, 4.69) is 0 Å². The van der Waals surface area contributed by atoms with Gasteiger partial charge in [0.05, 0.1) is 11.0 Å². The molecule has 0 aliphatic carbocycles. The van der Waals surface area contributed by atoms with E-state index in [9.17, 15) is 8.42 Å². The third kappa shape index (κ3) is 3.23. The zero-order valence-corrected chi connectivity index (χ0v) is 8.45. The average molecular weight is 178 g/mol. The normalized spacial score (nSPS) is 12.4. The van der Waals surface area contributed by atoms with E-state index in [4.69, 9.17) is 0 Å². The van der Waals surface area contributed by atoms with Crippen LogP contribution in [-0.2, 0) is 9.84 Å². The summed E-state index contributed by atoms with van der Waals surface area (Å²) in [6.45, 7) is 5.77. The predicted molar refractivity (Wildman–Crippen MR) is 48.4 cm³/mol. The van der Waals surface area contributed by atoms with Crippen LogP contribution in [0.15, 0.2) is 0 Å². The third-order valence-corrected chi connectivity index (χ3v) is 4.57. The standard InChI is InChI=1S/C8H18O2S/c1-4-7-11(9,10)8(5-2)6-3/h8H,4-7H2,1-3H3. The Hall–Kier alpha value is -0.0500. The van der Waals surface area contributed by atoms with Gasteiger partial charge in [0.2, 0.25) is 0 Å². The molecule has 0 bridgehead atoms. The van der Waals surface area contributed by atoms with Crippen molar-refractivity contribution < 1.29 is 8.42 Å². The van der Waals surface area contributed by atoms with E-state index in [0.29, 0.717) is 5.75 Å². The molecule has 0 N–H and O–H groups in total. The average Bonchev–Trinajstić information content (AvgIpc) is 1.89. The van der Waals surface area contributed by atoms with E-state index in [1.165, 1.54) is 0 Å². The lowest BCUT2D eigenvalue weighted by Crippen LogP contribution is -2.22. The minimum Gasteiger partial charge on any atom is -0.229 e. The van der Waals surface area contributed by atoms with Gasteiger partial charge in [-0.25, -0.2) is 8.42 Å². The number of hydrogen-bond donors (Lipinski definition) is 0. The molecule has 2 nitrogen and oxygen atoms in total. The van der Waals surface area contributed by atoms with Crippen molar-refractivity contribution in [3.05, 3.63) is 0 Å². The summed E-state index contributed by atoms with van der Waals surface area (Å²) in [5.74, 6) is 0.347. The molecular weight excluding hydrogens is 160 g/mol. The summed E-state index contributed by atoms with van der Waals surface area (Å²) in [4.78, 5) is 0. The van der Waals surface area contributed by atoms with Gasteiger partial charge in [-0.3, -0.25) is 0 Å². The van der Waals surface area contributed by atoms with E-state index in [-0.39, 0.29) is 5.25 Å². The van der Waals surface area contributed by atoms with Crippen LogP contribution in [0, 0.1) is 0 Å². The molecule has 0 unspecified atom stereocenters. The molecule has 0 rings (SSSR count). The van der Waals surface area contributed by atoms with E-state index < -0.39 is 9.84 Å². The molecule has 0 radical (unpaired) electrons. The van der Waals surface area contributed by atoms with Crippen molar-refractivity contribution in [1.29, 1.82) is 0 Å². The van der Waals surface area contributed by atoms with Gasteiger partial charge >= 0.3 is 0 Å². The van der Waals surface area contributed by atoms with Crippen LogP contribution < -0.4 is 0 Å². The quantitative estimate of drug-likeness (QED) is 0.645. The van der Waals surface area contributed by atoms with Crippen molar-refractivity contribution in [1.82, 2.24) is 0 Å². The molecule has 0 saturated carbocycles. The summed E-state index contributed by atoms with van der Waals surface area (Å²) in [5, 5.41) is -0.109. The predicted octanol–water partition coefficient (Wildman–Crippen LogP) is 2.00. The van der Waals surface area contributed by atoms with Crippen molar-refractivity contribution in [3.8, 4) is 0 Å². The molecule has 11 heavy (non-hydrogen) atoms. The van der Waals surface area contributed by atoms with Crippen LogP contribution in [0.25, 0.3) is 0 Å². The highest BCUT2D eigenvalue weighted by Gasteiger charge is 2.19. The Morgan fingerprint density at radius 3 is 1.82 bits per heavy atom. The van der Waals surface area contributed by atoms with Crippen molar-refractivity contribution in [2.24, 2.45) is 0 Å². The second kappa shape index (κ2) is 4.75. The first-order valence-corrected chi connectivity index (χ1v) is 6.01. The summed E-state index contributed by atoms with van der Waals surface area (Å²) in [6.07, 6.45) is 2.23. The SMILES string of the molecule is CCCS(=O)(=O)C(CC)CC. The van der Waals surface area contributed by atoms with Gasteiger partial charge in [-0.2, -0.15) is 0 Å². The Balaban J connectivity index is 4.26. The van der Waals surface area contributed by atoms with Crippen molar-refractivity contribution >= 4 is 9.84 Å². The molecule has 0 aliphatic rings. The minimum atomic E-state index is -2.77. The maximum absolute atomic E-state index is 11.4. The number of sulfone groups is 1. The largest absolute Gasteiger partial charge is 0.229 e. The van der Waals surface area contributed by atoms with Crippen molar-refractivity contribution in [2.75, 3.05) is 5.75 Å². The van der Waals surface area contributed by atoms with Crippen LogP contribution in [0.3, 0.4) is 0 Å². The Morgan fingerprint density at radius 2 is 1.55 bits per heavy atom. The molecule has 0 aromatic carbocycles. The van der Waals surface area contributed by atoms with Crippen LogP contribution in [0.4, 0.5) is 0 Å². The highest BCUT2D eigenvalue weighted by atomic mass is 32.2. The van der Waals surface area contributed by atoms with Gasteiger partial charge in [-0.05, 0) is 19.3 Å². The first-order chi connectivity index (χ1) is 5.08. The topological polar surface area (TPSA) is 34.1 Å². The highest BCUT2D eigenvalue weighted by molar-refractivity contribution is 7.92. The molecule has 0 aromatic heterocycles. The first kappa shape index (κ1) is 11.0. The number of rotatable bonds is 5. The van der Waals surface area contributed by atoms with Gasteiger partial charge in [-0.1, -0.05) is 20.8 Å². The number of hydrogen-bond acceptors (Lipinski definition) is 2. The molecule has 0 aliphatic heterocycles. The molecule has 68 valence electrons. The van der Waals surface area contributed by atoms with E-state index in [0.717, 1.165) is 19.3 Å². The van der Waals surface area contributed by atoms with Gasteiger partial charge in [0.1, 0.15) is 0 Å². The van der Waals surface area contributed by atoms with Gasteiger partial charge in [-0.15, -0.1) is 0 Å². The highest BCUT2D eigenvalue weighted by Crippen LogP contribution is 2.11. The summed E-state index contributed by atoms with van der Waals surface area (Å²) < 4.78 is 22.8. The van der Waals surface area contributed by atoms with Crippen LogP contribution in [-0.4, -0.2) is 19.4 Å². The first-order valence-electron chi connectivity index (χ1n) is 4.30. The lowest BCUT2D eigenvalue weighted by Gasteiger charge is -2.11. The van der Waals surface area contributed by atoms with Gasteiger partial charge in [0.15, 0.2) is 9.84 Å². The van der Waals surface area contributed by atoms with Gasteiger partial charge in [0, 0.05) is 0 Å². The minimum absolute atomic E-state index is 0.109. The van der Waals surface area contributed by atoms with E-state index >= 15 is 0 Å². The zero-order chi connectivity index (χ0) is 8.91. The molecule has 3 heteroatoms. The summed E-state index contributed by atoms with van der Waals surface area (Å²) >= 11 is 0. The fourth-order valence-electron chi connectivity index (χ4n) is 1.25. The fraction of sp³-hybridized carbons (Fsp3) is 1.00. The maximum Gasteiger partial charge on any atom is 0.153 e. The molecular formula is C8H18O2S. The molecule has 0 amide bonds.